The highest BCUT2D eigenvalue weighted by molar-refractivity contribution is 6.31. The first-order valence-corrected chi connectivity index (χ1v) is 8.42. The summed E-state index contributed by atoms with van der Waals surface area (Å²) in [4.78, 5) is 12.8. The summed E-state index contributed by atoms with van der Waals surface area (Å²) in [7, 11) is 0. The molecular formula is C22H13ClN2O2. The van der Waals surface area contributed by atoms with E-state index in [0.29, 0.717) is 32.7 Å². The number of halogens is 1. The van der Waals surface area contributed by atoms with Crippen LogP contribution in [0.3, 0.4) is 0 Å². The normalized spacial score (nSPS) is 10.9. The van der Waals surface area contributed by atoms with Crippen LogP contribution in [0.15, 0.2) is 75.2 Å². The molecule has 27 heavy (non-hydrogen) atoms. The van der Waals surface area contributed by atoms with Gasteiger partial charge in [-0.25, -0.2) is 0 Å². The van der Waals surface area contributed by atoms with Crippen molar-refractivity contribution in [3.63, 3.8) is 0 Å². The van der Waals surface area contributed by atoms with Gasteiger partial charge in [-0.15, -0.1) is 0 Å². The average Bonchev–Trinajstić information content (AvgIpc) is 2.69. The summed E-state index contributed by atoms with van der Waals surface area (Å²) < 4.78 is 5.53. The quantitative estimate of drug-likeness (QED) is 0.458. The first-order valence-electron chi connectivity index (χ1n) is 8.04. The summed E-state index contributed by atoms with van der Waals surface area (Å²) in [5.41, 5.74) is 2.29. The maximum absolute atomic E-state index is 12.8. The van der Waals surface area contributed by atoms with Crippen LogP contribution < -0.4 is 5.43 Å². The fourth-order valence-corrected chi connectivity index (χ4v) is 3.01. The molecule has 4 nitrogen and oxygen atoms in total. The number of benzene rings is 2. The van der Waals surface area contributed by atoms with E-state index in [1.165, 1.54) is 6.26 Å². The van der Waals surface area contributed by atoms with Crippen molar-refractivity contribution in [1.29, 1.82) is 10.5 Å². The van der Waals surface area contributed by atoms with Gasteiger partial charge in [-0.1, -0.05) is 41.9 Å². The zero-order valence-corrected chi connectivity index (χ0v) is 15.1. The van der Waals surface area contributed by atoms with Crippen LogP contribution in [0, 0.1) is 22.7 Å². The zero-order valence-electron chi connectivity index (χ0n) is 14.4. The number of allylic oxidation sites excluding steroid dienone is 3. The number of fused-ring (bicyclic) bond motifs is 1. The highest BCUT2D eigenvalue weighted by Crippen LogP contribution is 2.28. The summed E-state index contributed by atoms with van der Waals surface area (Å²) in [5.74, 6) is 0. The second-order valence-corrected chi connectivity index (χ2v) is 6.26. The van der Waals surface area contributed by atoms with Gasteiger partial charge in [-0.2, -0.15) is 10.5 Å². The smallest absolute Gasteiger partial charge is 0.199 e. The van der Waals surface area contributed by atoms with Crippen LogP contribution in [-0.4, -0.2) is 0 Å². The Balaban J connectivity index is 2.21. The zero-order chi connectivity index (χ0) is 19.4. The fourth-order valence-electron chi connectivity index (χ4n) is 2.83. The third-order valence-electron chi connectivity index (χ3n) is 4.06. The molecule has 3 aromatic rings. The van der Waals surface area contributed by atoms with Crippen molar-refractivity contribution >= 4 is 34.2 Å². The molecule has 130 valence electrons. The summed E-state index contributed by atoms with van der Waals surface area (Å²) in [6.07, 6.45) is 2.98. The standard InChI is InChI=1S/C22H13ClN2O2/c1-14(21(17(11-24)12-25)15-5-3-2-4-6-15)9-16-13-27-20-8-7-18(23)10-19(20)22(16)26/h2-10,13H,1H3/b14-9+. The molecule has 5 heteroatoms. The number of nitriles is 2. The molecule has 0 saturated heterocycles. The van der Waals surface area contributed by atoms with Gasteiger partial charge in [0.15, 0.2) is 5.43 Å². The topological polar surface area (TPSA) is 77.8 Å². The van der Waals surface area contributed by atoms with Gasteiger partial charge in [-0.05, 0) is 42.3 Å². The average molecular weight is 373 g/mol. The third kappa shape index (κ3) is 3.67. The Morgan fingerprint density at radius 2 is 1.81 bits per heavy atom. The summed E-state index contributed by atoms with van der Waals surface area (Å²) in [5, 5.41) is 19.5. The van der Waals surface area contributed by atoms with E-state index < -0.39 is 0 Å². The van der Waals surface area contributed by atoms with Crippen molar-refractivity contribution in [2.75, 3.05) is 0 Å². The van der Waals surface area contributed by atoms with Crippen molar-refractivity contribution in [3.05, 3.63) is 92.3 Å². The molecular weight excluding hydrogens is 360 g/mol. The maximum atomic E-state index is 12.8. The molecule has 0 atom stereocenters. The van der Waals surface area contributed by atoms with Gasteiger partial charge in [0.2, 0.25) is 0 Å². The van der Waals surface area contributed by atoms with Crippen LogP contribution >= 0.6 is 11.6 Å². The predicted octanol–water partition coefficient (Wildman–Crippen LogP) is 5.35. The lowest BCUT2D eigenvalue weighted by molar-refractivity contribution is 0.601. The molecule has 2 aromatic carbocycles. The molecule has 0 N–H and O–H groups in total. The molecule has 0 aliphatic heterocycles. The van der Waals surface area contributed by atoms with E-state index in [9.17, 15) is 15.3 Å². The van der Waals surface area contributed by atoms with Crippen LogP contribution in [0.5, 0.6) is 0 Å². The Bertz CT molecular complexity index is 1210. The maximum Gasteiger partial charge on any atom is 0.199 e. The number of hydrogen-bond acceptors (Lipinski definition) is 4. The molecule has 0 amide bonds. The number of rotatable bonds is 3. The van der Waals surface area contributed by atoms with Crippen molar-refractivity contribution < 1.29 is 4.42 Å². The third-order valence-corrected chi connectivity index (χ3v) is 4.30. The lowest BCUT2D eigenvalue weighted by atomic mass is 9.93. The molecule has 0 fully saturated rings. The molecule has 1 aromatic heterocycles. The van der Waals surface area contributed by atoms with Crippen LogP contribution in [0.2, 0.25) is 5.02 Å². The molecule has 3 rings (SSSR count). The van der Waals surface area contributed by atoms with Gasteiger partial charge in [-0.3, -0.25) is 4.79 Å². The minimum atomic E-state index is -0.235. The fraction of sp³-hybridized carbons (Fsp3) is 0.0455. The Labute approximate surface area is 160 Å². The van der Waals surface area contributed by atoms with Crippen LogP contribution in [0.25, 0.3) is 22.6 Å². The van der Waals surface area contributed by atoms with Gasteiger partial charge in [0, 0.05) is 10.6 Å². The van der Waals surface area contributed by atoms with Gasteiger partial charge in [0.05, 0.1) is 10.9 Å². The Morgan fingerprint density at radius 3 is 2.48 bits per heavy atom. The van der Waals surface area contributed by atoms with E-state index in [0.717, 1.165) is 5.56 Å². The van der Waals surface area contributed by atoms with Crippen LogP contribution in [-0.2, 0) is 0 Å². The van der Waals surface area contributed by atoms with Gasteiger partial charge < -0.3 is 4.42 Å². The van der Waals surface area contributed by atoms with E-state index in [-0.39, 0.29) is 11.0 Å². The molecule has 0 bridgehead atoms. The van der Waals surface area contributed by atoms with Crippen LogP contribution in [0.4, 0.5) is 0 Å². The summed E-state index contributed by atoms with van der Waals surface area (Å²) >= 11 is 5.98. The Hall–Kier alpha value is -3.60. The Kier molecular flexibility index (Phi) is 5.22. The van der Waals surface area contributed by atoms with Gasteiger partial charge >= 0.3 is 0 Å². The van der Waals surface area contributed by atoms with Gasteiger partial charge in [0.1, 0.15) is 29.6 Å². The second-order valence-electron chi connectivity index (χ2n) is 5.83. The lowest BCUT2D eigenvalue weighted by Gasteiger charge is -2.09. The molecule has 0 radical (unpaired) electrons. The van der Waals surface area contributed by atoms with Crippen LogP contribution in [0.1, 0.15) is 18.1 Å². The van der Waals surface area contributed by atoms with Crippen molar-refractivity contribution in [1.82, 2.24) is 0 Å². The minimum Gasteiger partial charge on any atom is -0.463 e. The minimum absolute atomic E-state index is 0.0248. The molecule has 1 heterocycles. The predicted molar refractivity (Wildman–Crippen MR) is 106 cm³/mol. The number of nitrogens with zero attached hydrogens (tertiary/aromatic N) is 2. The first kappa shape index (κ1) is 18.2. The van der Waals surface area contributed by atoms with Gasteiger partial charge in [0.25, 0.3) is 0 Å². The van der Waals surface area contributed by atoms with Crippen molar-refractivity contribution in [3.8, 4) is 12.1 Å². The summed E-state index contributed by atoms with van der Waals surface area (Å²) in [6, 6.07) is 17.8. The molecule has 0 saturated carbocycles. The first-order chi connectivity index (χ1) is 13.0. The second kappa shape index (κ2) is 7.74. The molecule has 0 spiro atoms. The van der Waals surface area contributed by atoms with E-state index >= 15 is 0 Å². The monoisotopic (exact) mass is 372 g/mol. The van der Waals surface area contributed by atoms with Crippen molar-refractivity contribution in [2.24, 2.45) is 0 Å². The van der Waals surface area contributed by atoms with E-state index in [1.54, 1.807) is 31.2 Å². The highest BCUT2D eigenvalue weighted by Gasteiger charge is 2.13. The van der Waals surface area contributed by atoms with E-state index in [2.05, 4.69) is 0 Å². The summed E-state index contributed by atoms with van der Waals surface area (Å²) in [6.45, 7) is 1.75. The largest absolute Gasteiger partial charge is 0.463 e. The molecule has 0 aliphatic rings. The van der Waals surface area contributed by atoms with Crippen molar-refractivity contribution in [2.45, 2.75) is 6.92 Å². The van der Waals surface area contributed by atoms with E-state index in [1.807, 2.05) is 42.5 Å². The Morgan fingerprint density at radius 1 is 1.11 bits per heavy atom. The highest BCUT2D eigenvalue weighted by atomic mass is 35.5. The SMILES string of the molecule is C/C(=C\c1coc2ccc(Cl)cc2c1=O)C(=C(C#N)C#N)c1ccccc1. The van der Waals surface area contributed by atoms with E-state index in [4.69, 9.17) is 16.0 Å². The lowest BCUT2D eigenvalue weighted by Crippen LogP contribution is -2.05. The number of hydrogen-bond donors (Lipinski definition) is 0. The molecule has 0 unspecified atom stereocenters. The molecule has 0 aliphatic carbocycles.